The minimum absolute atomic E-state index is 0.133. The fourth-order valence-corrected chi connectivity index (χ4v) is 1.26. The molecule has 0 amide bonds. The lowest BCUT2D eigenvalue weighted by Crippen LogP contribution is -1.84. The minimum atomic E-state index is 0.133. The number of benzene rings is 1. The van der Waals surface area contributed by atoms with Crippen molar-refractivity contribution < 1.29 is 5.11 Å². The van der Waals surface area contributed by atoms with E-state index < -0.39 is 0 Å². The summed E-state index contributed by atoms with van der Waals surface area (Å²) in [4.78, 5) is 0. The number of nitriles is 1. The molecule has 2 aromatic rings. The summed E-state index contributed by atoms with van der Waals surface area (Å²) in [5.74, 6) is 0.133. The van der Waals surface area contributed by atoms with Gasteiger partial charge < -0.3 is 5.11 Å². The summed E-state index contributed by atoms with van der Waals surface area (Å²) in [5, 5.41) is 24.7. The second kappa shape index (κ2) is 3.23. The largest absolute Gasteiger partial charge is 0.508 e. The van der Waals surface area contributed by atoms with E-state index in [1.807, 2.05) is 0 Å². The molecule has 0 fully saturated rings. The number of H-pyrrole nitrogens is 1. The van der Waals surface area contributed by atoms with Crippen LogP contribution in [0.4, 0.5) is 0 Å². The van der Waals surface area contributed by atoms with E-state index >= 15 is 0 Å². The zero-order chi connectivity index (χ0) is 9.97. The molecule has 0 spiro atoms. The topological polar surface area (TPSA) is 72.7 Å². The summed E-state index contributed by atoms with van der Waals surface area (Å²) in [6, 6.07) is 8.39. The Morgan fingerprint density at radius 2 is 2.21 bits per heavy atom. The lowest BCUT2D eigenvalue weighted by Gasteiger charge is -2.00. The Morgan fingerprint density at radius 3 is 2.86 bits per heavy atom. The van der Waals surface area contributed by atoms with Crippen molar-refractivity contribution in [2.24, 2.45) is 0 Å². The van der Waals surface area contributed by atoms with Crippen LogP contribution in [0.25, 0.3) is 11.3 Å². The van der Waals surface area contributed by atoms with E-state index in [9.17, 15) is 5.11 Å². The summed E-state index contributed by atoms with van der Waals surface area (Å²) >= 11 is 0. The second-order valence-electron chi connectivity index (χ2n) is 2.81. The lowest BCUT2D eigenvalue weighted by molar-refractivity contribution is 0.475. The van der Waals surface area contributed by atoms with Crippen LogP contribution in [0.5, 0.6) is 5.75 Å². The molecule has 0 saturated heterocycles. The Bertz CT molecular complexity index is 483. The number of phenols is 1. The maximum absolute atomic E-state index is 9.29. The van der Waals surface area contributed by atoms with Crippen LogP contribution < -0.4 is 0 Å². The quantitative estimate of drug-likeness (QED) is 0.709. The number of aromatic nitrogens is 2. The van der Waals surface area contributed by atoms with Crippen molar-refractivity contribution in [1.82, 2.24) is 10.2 Å². The van der Waals surface area contributed by atoms with Crippen LogP contribution >= 0.6 is 0 Å². The maximum Gasteiger partial charge on any atom is 0.116 e. The van der Waals surface area contributed by atoms with Gasteiger partial charge >= 0.3 is 0 Å². The number of nitrogens with one attached hydrogen (secondary N) is 1. The molecule has 68 valence electrons. The Morgan fingerprint density at radius 1 is 1.36 bits per heavy atom. The van der Waals surface area contributed by atoms with Crippen molar-refractivity contribution in [1.29, 1.82) is 5.26 Å². The molecule has 0 bridgehead atoms. The van der Waals surface area contributed by atoms with Crippen molar-refractivity contribution >= 4 is 0 Å². The van der Waals surface area contributed by atoms with Crippen molar-refractivity contribution in [3.8, 4) is 23.1 Å². The molecule has 1 aromatic carbocycles. The van der Waals surface area contributed by atoms with E-state index in [-0.39, 0.29) is 5.75 Å². The van der Waals surface area contributed by atoms with Gasteiger partial charge in [0.2, 0.25) is 0 Å². The zero-order valence-corrected chi connectivity index (χ0v) is 7.23. The van der Waals surface area contributed by atoms with Crippen molar-refractivity contribution in [2.45, 2.75) is 0 Å². The fourth-order valence-electron chi connectivity index (χ4n) is 1.26. The molecule has 4 nitrogen and oxygen atoms in total. The first-order valence-electron chi connectivity index (χ1n) is 4.04. The molecule has 0 atom stereocenters. The van der Waals surface area contributed by atoms with Gasteiger partial charge in [0, 0.05) is 11.8 Å². The molecular formula is C10H7N3O. The molecule has 0 aliphatic carbocycles. The third-order valence-electron chi connectivity index (χ3n) is 1.91. The first kappa shape index (κ1) is 8.32. The number of nitrogens with zero attached hydrogens (tertiary/aromatic N) is 2. The first-order chi connectivity index (χ1) is 6.81. The number of hydrogen-bond donors (Lipinski definition) is 2. The van der Waals surface area contributed by atoms with Crippen LogP contribution in [0, 0.1) is 11.3 Å². The average molecular weight is 185 g/mol. The lowest BCUT2D eigenvalue weighted by atomic mass is 10.1. The first-order valence-corrected chi connectivity index (χ1v) is 4.04. The summed E-state index contributed by atoms with van der Waals surface area (Å²) in [7, 11) is 0. The number of aromatic hydroxyl groups is 1. The van der Waals surface area contributed by atoms with E-state index in [0.717, 1.165) is 5.69 Å². The Balaban J connectivity index is 2.63. The molecule has 1 heterocycles. The Hall–Kier alpha value is -2.28. The van der Waals surface area contributed by atoms with Gasteiger partial charge in [0.05, 0.1) is 17.3 Å². The predicted octanol–water partition coefficient (Wildman–Crippen LogP) is 1.65. The van der Waals surface area contributed by atoms with Gasteiger partial charge in [-0.2, -0.15) is 10.4 Å². The van der Waals surface area contributed by atoms with Crippen molar-refractivity contribution in [2.75, 3.05) is 0 Å². The van der Waals surface area contributed by atoms with Gasteiger partial charge in [-0.15, -0.1) is 0 Å². The summed E-state index contributed by atoms with van der Waals surface area (Å²) in [5.41, 5.74) is 1.88. The smallest absolute Gasteiger partial charge is 0.116 e. The molecule has 0 unspecified atom stereocenters. The Labute approximate surface area is 80.4 Å². The van der Waals surface area contributed by atoms with Gasteiger partial charge in [-0.05, 0) is 24.3 Å². The molecule has 2 rings (SSSR count). The number of aromatic amines is 1. The minimum Gasteiger partial charge on any atom is -0.508 e. The molecule has 4 heteroatoms. The summed E-state index contributed by atoms with van der Waals surface area (Å²) < 4.78 is 0. The van der Waals surface area contributed by atoms with Crippen LogP contribution in [0.1, 0.15) is 5.56 Å². The van der Waals surface area contributed by atoms with Crippen LogP contribution in [0.2, 0.25) is 0 Å². The number of rotatable bonds is 1. The molecule has 2 N–H and O–H groups in total. The second-order valence-corrected chi connectivity index (χ2v) is 2.81. The number of hydrogen-bond acceptors (Lipinski definition) is 3. The molecule has 0 radical (unpaired) electrons. The highest BCUT2D eigenvalue weighted by Crippen LogP contribution is 2.24. The van der Waals surface area contributed by atoms with Gasteiger partial charge in [-0.25, -0.2) is 0 Å². The van der Waals surface area contributed by atoms with Gasteiger partial charge in [-0.3, -0.25) is 5.10 Å². The van der Waals surface area contributed by atoms with Crippen molar-refractivity contribution in [3.63, 3.8) is 0 Å². The summed E-state index contributed by atoms with van der Waals surface area (Å²) in [6.07, 6.45) is 1.60. The predicted molar refractivity (Wildman–Crippen MR) is 50.4 cm³/mol. The van der Waals surface area contributed by atoms with Crippen molar-refractivity contribution in [3.05, 3.63) is 36.0 Å². The highest BCUT2D eigenvalue weighted by Gasteiger charge is 2.06. The third-order valence-corrected chi connectivity index (χ3v) is 1.91. The SMILES string of the molecule is N#Cc1ccc(O)cc1-c1ccn[nH]1. The van der Waals surface area contributed by atoms with E-state index in [2.05, 4.69) is 16.3 Å². The van der Waals surface area contributed by atoms with Gasteiger partial charge in [0.15, 0.2) is 0 Å². The van der Waals surface area contributed by atoms with Gasteiger partial charge in [0.1, 0.15) is 5.75 Å². The normalized spacial score (nSPS) is 9.64. The standard InChI is InChI=1S/C10H7N3O/c11-6-7-1-2-8(14)5-9(7)10-3-4-12-13-10/h1-5,14H,(H,12,13). The summed E-state index contributed by atoms with van der Waals surface area (Å²) in [6.45, 7) is 0. The third kappa shape index (κ3) is 1.31. The number of phenolic OH excluding ortho intramolecular Hbond substituents is 1. The van der Waals surface area contributed by atoms with Gasteiger partial charge in [-0.1, -0.05) is 0 Å². The van der Waals surface area contributed by atoms with E-state index in [4.69, 9.17) is 5.26 Å². The average Bonchev–Trinajstić information content (AvgIpc) is 2.70. The van der Waals surface area contributed by atoms with Crippen LogP contribution in [-0.2, 0) is 0 Å². The highest BCUT2D eigenvalue weighted by molar-refractivity contribution is 5.68. The van der Waals surface area contributed by atoms with Gasteiger partial charge in [0.25, 0.3) is 0 Å². The Kier molecular flexibility index (Phi) is 1.92. The molecular weight excluding hydrogens is 178 g/mol. The monoisotopic (exact) mass is 185 g/mol. The van der Waals surface area contributed by atoms with Crippen LogP contribution in [0.3, 0.4) is 0 Å². The fraction of sp³-hybridized carbons (Fsp3) is 0. The molecule has 0 saturated carbocycles. The molecule has 0 aliphatic rings. The molecule has 14 heavy (non-hydrogen) atoms. The van der Waals surface area contributed by atoms with Crippen LogP contribution in [-0.4, -0.2) is 15.3 Å². The van der Waals surface area contributed by atoms with E-state index in [0.29, 0.717) is 11.1 Å². The van der Waals surface area contributed by atoms with E-state index in [1.54, 1.807) is 18.3 Å². The maximum atomic E-state index is 9.29. The zero-order valence-electron chi connectivity index (χ0n) is 7.23. The molecule has 0 aliphatic heterocycles. The molecule has 1 aromatic heterocycles. The van der Waals surface area contributed by atoms with E-state index in [1.165, 1.54) is 12.1 Å². The highest BCUT2D eigenvalue weighted by atomic mass is 16.3. The van der Waals surface area contributed by atoms with Crippen LogP contribution in [0.15, 0.2) is 30.5 Å².